The summed E-state index contributed by atoms with van der Waals surface area (Å²) >= 11 is 16.7. The molecule has 0 aromatic rings. The number of hydrogen-bond donors (Lipinski definition) is 0. The zero-order chi connectivity index (χ0) is 6.31. The van der Waals surface area contributed by atoms with Crippen LogP contribution < -0.4 is 0 Å². The number of hydrogen-bond acceptors (Lipinski definition) is 0. The zero-order valence-electron chi connectivity index (χ0n) is 3.82. The Kier molecular flexibility index (Phi) is 3.14. The minimum Gasteiger partial charge on any atom is -0.170 e. The van der Waals surface area contributed by atoms with Crippen molar-refractivity contribution in [3.63, 3.8) is 0 Å². The molecular formula is C2H4Br3ClSi2. The highest BCUT2D eigenvalue weighted by Gasteiger charge is 2.48. The fourth-order valence-electron chi connectivity index (χ4n) is 0.557. The molecule has 1 aliphatic rings. The average Bonchev–Trinajstić information content (AvgIpc) is 1.83. The molecule has 0 aliphatic carbocycles. The lowest BCUT2D eigenvalue weighted by Gasteiger charge is -2.36. The first-order chi connectivity index (χ1) is 3.64. The molecule has 0 aromatic carbocycles. The van der Waals surface area contributed by atoms with Crippen LogP contribution in [0.3, 0.4) is 0 Å². The van der Waals surface area contributed by atoms with Crippen molar-refractivity contribution in [2.45, 2.75) is 8.15 Å². The van der Waals surface area contributed by atoms with Crippen LogP contribution in [-0.4, -0.2) is 23.7 Å². The smallest absolute Gasteiger partial charge is 0.163 e. The second-order valence-electron chi connectivity index (χ2n) is 1.78. The van der Waals surface area contributed by atoms with E-state index < -0.39 is 15.5 Å². The number of alkyl halides is 2. The monoisotopic (exact) mass is 356 g/mol. The van der Waals surface area contributed by atoms with Gasteiger partial charge in [-0.2, -0.15) is 11.1 Å². The predicted octanol–water partition coefficient (Wildman–Crippen LogP) is 1.77. The molecule has 0 aromatic heterocycles. The van der Waals surface area contributed by atoms with Gasteiger partial charge in [0.2, 0.25) is 0 Å². The van der Waals surface area contributed by atoms with Crippen LogP contribution in [0.5, 0.6) is 0 Å². The minimum absolute atomic E-state index is 0.640. The average molecular weight is 359 g/mol. The molecule has 1 saturated heterocycles. The fourth-order valence-corrected chi connectivity index (χ4v) is 27.2. The third-order valence-electron chi connectivity index (χ3n) is 1.22. The molecule has 6 heteroatoms. The Bertz CT molecular complexity index is 69.3. The molecule has 1 aliphatic heterocycles. The van der Waals surface area contributed by atoms with E-state index >= 15 is 0 Å². The van der Waals surface area contributed by atoms with E-state index in [0.29, 0.717) is 8.15 Å². The maximum atomic E-state index is 5.99. The van der Waals surface area contributed by atoms with Crippen LogP contribution >= 0.6 is 58.2 Å². The van der Waals surface area contributed by atoms with Gasteiger partial charge in [0.1, 0.15) is 7.42 Å². The summed E-state index contributed by atoms with van der Waals surface area (Å²) in [4.78, 5) is 0. The zero-order valence-corrected chi connectivity index (χ0v) is 11.6. The summed E-state index contributed by atoms with van der Waals surface area (Å²) in [7, 11) is -1.53. The molecule has 0 spiro atoms. The van der Waals surface area contributed by atoms with Crippen LogP contribution in [0.4, 0.5) is 0 Å². The standard InChI is InChI=1S/C2H4Br3ClSi2/c3-1-7(5)2(4)8(1)6/h1-2,7-8H. The van der Waals surface area contributed by atoms with Crippen LogP contribution in [0, 0.1) is 0 Å². The molecule has 0 amide bonds. The minimum atomic E-state index is -0.895. The molecule has 0 N–H and O–H groups in total. The van der Waals surface area contributed by atoms with Crippen molar-refractivity contribution in [2.75, 3.05) is 0 Å². The van der Waals surface area contributed by atoms with Crippen LogP contribution in [0.1, 0.15) is 0 Å². The third-order valence-corrected chi connectivity index (χ3v) is 31.4. The largest absolute Gasteiger partial charge is 0.170 e. The fraction of sp³-hybridized carbons (Fsp3) is 1.00. The van der Waals surface area contributed by atoms with Crippen LogP contribution in [-0.2, 0) is 0 Å². The molecule has 0 bridgehead atoms. The van der Waals surface area contributed by atoms with Crippen LogP contribution in [0.15, 0.2) is 0 Å². The second-order valence-corrected chi connectivity index (χ2v) is 18.7. The van der Waals surface area contributed by atoms with Crippen molar-refractivity contribution in [2.24, 2.45) is 0 Å². The first-order valence-corrected chi connectivity index (χ1v) is 11.6. The van der Waals surface area contributed by atoms with Gasteiger partial charge in [0, 0.05) is 8.15 Å². The van der Waals surface area contributed by atoms with Crippen molar-refractivity contribution in [1.82, 2.24) is 0 Å². The Labute approximate surface area is 81.1 Å². The van der Waals surface area contributed by atoms with E-state index in [0.717, 1.165) is 0 Å². The lowest BCUT2D eigenvalue weighted by Crippen LogP contribution is -2.59. The topological polar surface area (TPSA) is 0 Å². The highest BCUT2D eigenvalue weighted by molar-refractivity contribution is 9.28. The number of halogens is 4. The predicted molar refractivity (Wildman–Crippen MR) is 54.5 cm³/mol. The Balaban J connectivity index is 2.42. The summed E-state index contributed by atoms with van der Waals surface area (Å²) in [6, 6.07) is 0. The van der Waals surface area contributed by atoms with E-state index in [4.69, 9.17) is 11.1 Å². The van der Waals surface area contributed by atoms with Gasteiger partial charge >= 0.3 is 0 Å². The SMILES string of the molecule is Cl[SiH]1C(Br)[SiH](Br)C1Br. The van der Waals surface area contributed by atoms with Gasteiger partial charge in [-0.1, -0.05) is 31.9 Å². The molecule has 1 heterocycles. The Hall–Kier alpha value is 2.16. The van der Waals surface area contributed by atoms with E-state index in [1.807, 2.05) is 0 Å². The lowest BCUT2D eigenvalue weighted by atomic mass is 11.8. The molecule has 0 saturated carbocycles. The molecule has 0 radical (unpaired) electrons. The Morgan fingerprint density at radius 2 is 1.62 bits per heavy atom. The maximum absolute atomic E-state index is 5.99. The normalized spacial score (nSPS) is 55.5. The van der Waals surface area contributed by atoms with Gasteiger partial charge in [-0.25, -0.2) is 0 Å². The van der Waals surface area contributed by atoms with Crippen LogP contribution in [0.2, 0.25) is 0 Å². The molecule has 1 fully saturated rings. The molecule has 8 heavy (non-hydrogen) atoms. The van der Waals surface area contributed by atoms with E-state index in [2.05, 4.69) is 47.2 Å². The van der Waals surface area contributed by atoms with E-state index in [-0.39, 0.29) is 0 Å². The van der Waals surface area contributed by atoms with E-state index in [1.165, 1.54) is 0 Å². The summed E-state index contributed by atoms with van der Waals surface area (Å²) in [5.74, 6) is 0. The van der Waals surface area contributed by atoms with Gasteiger partial charge in [-0.15, -0.1) is 15.3 Å². The first-order valence-electron chi connectivity index (χ1n) is 2.21. The second kappa shape index (κ2) is 3.04. The summed E-state index contributed by atoms with van der Waals surface area (Å²) in [6.07, 6.45) is 0. The first kappa shape index (κ1) is 8.26. The summed E-state index contributed by atoms with van der Waals surface area (Å²) in [5.41, 5.74) is 0. The molecular weight excluding hydrogens is 355 g/mol. The maximum Gasteiger partial charge on any atom is 0.163 e. The highest BCUT2D eigenvalue weighted by Crippen LogP contribution is 2.36. The van der Waals surface area contributed by atoms with Crippen molar-refractivity contribution >= 4 is 73.8 Å². The Morgan fingerprint density at radius 3 is 1.75 bits per heavy atom. The lowest BCUT2D eigenvalue weighted by molar-refractivity contribution is 1.59. The van der Waals surface area contributed by atoms with Gasteiger partial charge in [-0.3, -0.25) is 0 Å². The van der Waals surface area contributed by atoms with Gasteiger partial charge < -0.3 is 0 Å². The number of rotatable bonds is 0. The summed E-state index contributed by atoms with van der Waals surface area (Å²) in [5, 5.41) is 0. The van der Waals surface area contributed by atoms with Gasteiger partial charge in [0.15, 0.2) is 8.11 Å². The van der Waals surface area contributed by atoms with Gasteiger partial charge in [0.25, 0.3) is 0 Å². The van der Waals surface area contributed by atoms with Crippen molar-refractivity contribution in [3.05, 3.63) is 0 Å². The van der Waals surface area contributed by atoms with Gasteiger partial charge in [0.05, 0.1) is 0 Å². The molecule has 2 atom stereocenters. The van der Waals surface area contributed by atoms with Crippen molar-refractivity contribution in [1.29, 1.82) is 0 Å². The quantitative estimate of drug-likeness (QED) is 0.351. The third kappa shape index (κ3) is 1.27. The van der Waals surface area contributed by atoms with Crippen molar-refractivity contribution in [3.8, 4) is 0 Å². The van der Waals surface area contributed by atoms with E-state index in [1.54, 1.807) is 0 Å². The van der Waals surface area contributed by atoms with Crippen LogP contribution in [0.25, 0.3) is 0 Å². The summed E-state index contributed by atoms with van der Waals surface area (Å²) in [6.45, 7) is 0. The Morgan fingerprint density at radius 1 is 1.25 bits per heavy atom. The highest BCUT2D eigenvalue weighted by atomic mass is 79.9. The molecule has 1 rings (SSSR count). The molecule has 48 valence electrons. The van der Waals surface area contributed by atoms with Crippen molar-refractivity contribution < 1.29 is 0 Å². The summed E-state index contributed by atoms with van der Waals surface area (Å²) < 4.78 is 1.40. The molecule has 2 unspecified atom stereocenters. The van der Waals surface area contributed by atoms with E-state index in [9.17, 15) is 0 Å². The van der Waals surface area contributed by atoms with Gasteiger partial charge in [-0.05, 0) is 0 Å². The molecule has 0 nitrogen and oxygen atoms in total.